The van der Waals surface area contributed by atoms with Crippen molar-refractivity contribution in [2.75, 3.05) is 18.0 Å². The summed E-state index contributed by atoms with van der Waals surface area (Å²) in [5.41, 5.74) is 2.75. The maximum Gasteiger partial charge on any atom is 0.251 e. The molecule has 5 rings (SSSR count). The van der Waals surface area contributed by atoms with Crippen LogP contribution in [-0.2, 0) is 0 Å². The van der Waals surface area contributed by atoms with E-state index in [0.717, 1.165) is 47.3 Å². The molecule has 4 aromatic rings. The van der Waals surface area contributed by atoms with Crippen LogP contribution in [0.25, 0.3) is 16.2 Å². The summed E-state index contributed by atoms with van der Waals surface area (Å²) in [6.45, 7) is 1.75. The molecule has 1 N–H and O–H groups in total. The number of aromatic nitrogens is 3. The van der Waals surface area contributed by atoms with Crippen molar-refractivity contribution < 1.29 is 4.79 Å². The standard InChI is InChI=1S/C22H21N5OS/c28-20(17-9-5-2-6-10-17)23-18-11-13-26(14-12-18)22-25-27-15-19(24-21(27)29-22)16-7-3-1-4-8-16/h1-10,15,18H,11-14H2,(H,23,28). The largest absolute Gasteiger partial charge is 0.349 e. The lowest BCUT2D eigenvalue weighted by Crippen LogP contribution is -2.44. The van der Waals surface area contributed by atoms with E-state index >= 15 is 0 Å². The zero-order valence-electron chi connectivity index (χ0n) is 15.9. The Kier molecular flexibility index (Phi) is 4.73. The molecule has 1 aliphatic heterocycles. The van der Waals surface area contributed by atoms with Crippen LogP contribution >= 0.6 is 11.3 Å². The Balaban J connectivity index is 1.22. The molecule has 1 saturated heterocycles. The average molecular weight is 404 g/mol. The van der Waals surface area contributed by atoms with Crippen LogP contribution in [0.3, 0.4) is 0 Å². The Morgan fingerprint density at radius 3 is 2.38 bits per heavy atom. The van der Waals surface area contributed by atoms with Gasteiger partial charge in [0.2, 0.25) is 10.1 Å². The molecular weight excluding hydrogens is 382 g/mol. The van der Waals surface area contributed by atoms with Gasteiger partial charge in [-0.15, -0.1) is 5.10 Å². The number of nitrogens with one attached hydrogen (secondary N) is 1. The molecule has 1 fully saturated rings. The quantitative estimate of drug-likeness (QED) is 0.562. The second kappa shape index (κ2) is 7.67. The van der Waals surface area contributed by atoms with Crippen molar-refractivity contribution in [1.82, 2.24) is 19.9 Å². The lowest BCUT2D eigenvalue weighted by atomic mass is 10.0. The summed E-state index contributed by atoms with van der Waals surface area (Å²) in [7, 11) is 0. The van der Waals surface area contributed by atoms with Gasteiger partial charge in [-0.3, -0.25) is 4.79 Å². The van der Waals surface area contributed by atoms with Crippen molar-refractivity contribution in [3.05, 3.63) is 72.4 Å². The summed E-state index contributed by atoms with van der Waals surface area (Å²) in [4.78, 5) is 20.3. The number of nitrogens with zero attached hydrogens (tertiary/aromatic N) is 4. The molecule has 0 bridgehead atoms. The molecule has 0 spiro atoms. The van der Waals surface area contributed by atoms with E-state index in [4.69, 9.17) is 10.1 Å². The molecule has 2 aromatic heterocycles. The number of rotatable bonds is 4. The Morgan fingerprint density at radius 2 is 1.69 bits per heavy atom. The molecule has 0 radical (unpaired) electrons. The van der Waals surface area contributed by atoms with Crippen LogP contribution in [0.15, 0.2) is 66.9 Å². The highest BCUT2D eigenvalue weighted by Gasteiger charge is 2.23. The predicted octanol–water partition coefficient (Wildman–Crippen LogP) is 3.86. The van der Waals surface area contributed by atoms with Crippen molar-refractivity contribution in [3.63, 3.8) is 0 Å². The van der Waals surface area contributed by atoms with Gasteiger partial charge in [0.05, 0.1) is 11.9 Å². The predicted molar refractivity (Wildman–Crippen MR) is 115 cm³/mol. The molecule has 1 amide bonds. The van der Waals surface area contributed by atoms with E-state index in [1.54, 1.807) is 11.3 Å². The number of imidazole rings is 1. The highest BCUT2D eigenvalue weighted by molar-refractivity contribution is 7.20. The Morgan fingerprint density at radius 1 is 1.00 bits per heavy atom. The summed E-state index contributed by atoms with van der Waals surface area (Å²) in [5.74, 6) is 0.00482. The molecule has 3 heterocycles. The van der Waals surface area contributed by atoms with Gasteiger partial charge in [-0.25, -0.2) is 9.50 Å². The minimum absolute atomic E-state index is 0.00482. The number of hydrogen-bond acceptors (Lipinski definition) is 5. The topological polar surface area (TPSA) is 62.5 Å². The Bertz CT molecular complexity index is 1080. The van der Waals surface area contributed by atoms with Gasteiger partial charge in [0.1, 0.15) is 0 Å². The van der Waals surface area contributed by atoms with Crippen LogP contribution < -0.4 is 10.2 Å². The molecule has 0 unspecified atom stereocenters. The summed E-state index contributed by atoms with van der Waals surface area (Å²) in [6, 6.07) is 19.7. The normalized spacial score (nSPS) is 15.0. The van der Waals surface area contributed by atoms with Gasteiger partial charge in [-0.1, -0.05) is 59.9 Å². The Hall–Kier alpha value is -3.19. The molecule has 0 aliphatic carbocycles. The zero-order chi connectivity index (χ0) is 19.6. The maximum atomic E-state index is 12.3. The van der Waals surface area contributed by atoms with Crippen LogP contribution in [0.5, 0.6) is 0 Å². The van der Waals surface area contributed by atoms with E-state index in [9.17, 15) is 4.79 Å². The minimum atomic E-state index is 0.00482. The number of carbonyl (C=O) groups is 1. The highest BCUT2D eigenvalue weighted by Crippen LogP contribution is 2.28. The summed E-state index contributed by atoms with van der Waals surface area (Å²) >= 11 is 1.61. The first-order valence-electron chi connectivity index (χ1n) is 9.79. The second-order valence-electron chi connectivity index (χ2n) is 7.20. The highest BCUT2D eigenvalue weighted by atomic mass is 32.1. The first kappa shape index (κ1) is 17.9. The number of piperidine rings is 1. The summed E-state index contributed by atoms with van der Waals surface area (Å²) in [5, 5.41) is 8.87. The van der Waals surface area contributed by atoms with Crippen LogP contribution in [0.2, 0.25) is 0 Å². The third-order valence-electron chi connectivity index (χ3n) is 5.24. The van der Waals surface area contributed by atoms with E-state index in [0.29, 0.717) is 5.56 Å². The smallest absolute Gasteiger partial charge is 0.251 e. The van der Waals surface area contributed by atoms with Crippen LogP contribution in [0.4, 0.5) is 5.13 Å². The summed E-state index contributed by atoms with van der Waals surface area (Å²) < 4.78 is 1.87. The first-order valence-corrected chi connectivity index (χ1v) is 10.6. The van der Waals surface area contributed by atoms with Crippen LogP contribution in [0.1, 0.15) is 23.2 Å². The number of amides is 1. The van der Waals surface area contributed by atoms with E-state index in [-0.39, 0.29) is 11.9 Å². The molecule has 1 aliphatic rings. The average Bonchev–Trinajstić information content (AvgIpc) is 3.35. The van der Waals surface area contributed by atoms with Crippen molar-refractivity contribution in [3.8, 4) is 11.3 Å². The van der Waals surface area contributed by atoms with E-state index in [1.807, 2.05) is 59.2 Å². The second-order valence-corrected chi connectivity index (χ2v) is 8.14. The van der Waals surface area contributed by atoms with Crippen molar-refractivity contribution in [1.29, 1.82) is 0 Å². The fraction of sp³-hybridized carbons (Fsp3) is 0.227. The zero-order valence-corrected chi connectivity index (χ0v) is 16.7. The van der Waals surface area contributed by atoms with Crippen molar-refractivity contribution in [2.45, 2.75) is 18.9 Å². The number of benzene rings is 2. The SMILES string of the molecule is O=C(NC1CCN(c2nn3cc(-c4ccccc4)nc3s2)CC1)c1ccccc1. The van der Waals surface area contributed by atoms with E-state index < -0.39 is 0 Å². The van der Waals surface area contributed by atoms with Crippen molar-refractivity contribution >= 4 is 27.3 Å². The van der Waals surface area contributed by atoms with Crippen LogP contribution in [0, 0.1) is 0 Å². The van der Waals surface area contributed by atoms with E-state index in [2.05, 4.69) is 22.3 Å². The van der Waals surface area contributed by atoms with Gasteiger partial charge < -0.3 is 10.2 Å². The lowest BCUT2D eigenvalue weighted by Gasteiger charge is -2.31. The molecular formula is C22H21N5OS. The van der Waals surface area contributed by atoms with Crippen molar-refractivity contribution in [2.24, 2.45) is 0 Å². The third kappa shape index (κ3) is 3.73. The van der Waals surface area contributed by atoms with E-state index in [1.165, 1.54) is 0 Å². The molecule has 0 atom stereocenters. The summed E-state index contributed by atoms with van der Waals surface area (Å²) in [6.07, 6.45) is 3.81. The number of anilines is 1. The first-order chi connectivity index (χ1) is 14.3. The maximum absolute atomic E-state index is 12.3. The van der Waals surface area contributed by atoms with Gasteiger partial charge in [0, 0.05) is 30.3 Å². The lowest BCUT2D eigenvalue weighted by molar-refractivity contribution is 0.0931. The third-order valence-corrected chi connectivity index (χ3v) is 6.22. The fourth-order valence-corrected chi connectivity index (χ4v) is 4.57. The van der Waals surface area contributed by atoms with Gasteiger partial charge >= 0.3 is 0 Å². The van der Waals surface area contributed by atoms with Gasteiger partial charge in [0.15, 0.2) is 0 Å². The fourth-order valence-electron chi connectivity index (χ4n) is 3.64. The number of carbonyl (C=O) groups excluding carboxylic acids is 1. The Labute approximate surface area is 172 Å². The monoisotopic (exact) mass is 403 g/mol. The molecule has 146 valence electrons. The molecule has 29 heavy (non-hydrogen) atoms. The van der Waals surface area contributed by atoms with Gasteiger partial charge in [-0.2, -0.15) is 0 Å². The minimum Gasteiger partial charge on any atom is -0.349 e. The van der Waals surface area contributed by atoms with Gasteiger partial charge in [-0.05, 0) is 25.0 Å². The molecule has 2 aromatic carbocycles. The van der Waals surface area contributed by atoms with Crippen LogP contribution in [-0.4, -0.2) is 39.6 Å². The van der Waals surface area contributed by atoms with Gasteiger partial charge in [0.25, 0.3) is 5.91 Å². The molecule has 0 saturated carbocycles. The molecule has 7 heteroatoms. The molecule has 6 nitrogen and oxygen atoms in total. The number of fused-ring (bicyclic) bond motifs is 1. The number of hydrogen-bond donors (Lipinski definition) is 1.